The second-order valence-electron chi connectivity index (χ2n) is 4.93. The van der Waals surface area contributed by atoms with Gasteiger partial charge < -0.3 is 14.8 Å². The Hall–Kier alpha value is -2.47. The van der Waals surface area contributed by atoms with Gasteiger partial charge in [-0.05, 0) is 29.8 Å². The van der Waals surface area contributed by atoms with E-state index in [-0.39, 0.29) is 5.91 Å². The molecule has 2 rings (SSSR count). The topological polar surface area (TPSA) is 64.6 Å². The summed E-state index contributed by atoms with van der Waals surface area (Å²) in [4.78, 5) is 23.7. The van der Waals surface area contributed by atoms with Crippen molar-refractivity contribution in [1.29, 1.82) is 0 Å². The van der Waals surface area contributed by atoms with Crippen molar-refractivity contribution in [2.24, 2.45) is 0 Å². The van der Waals surface area contributed by atoms with Crippen LogP contribution >= 0.6 is 11.8 Å². The fourth-order valence-corrected chi connectivity index (χ4v) is 2.84. The molecule has 5 nitrogen and oxygen atoms in total. The van der Waals surface area contributed by atoms with Crippen molar-refractivity contribution < 1.29 is 19.1 Å². The molecule has 0 bridgehead atoms. The van der Waals surface area contributed by atoms with Crippen LogP contribution in [0, 0.1) is 0 Å². The minimum Gasteiger partial charge on any atom is -0.497 e. The van der Waals surface area contributed by atoms with Gasteiger partial charge in [-0.3, -0.25) is 4.79 Å². The van der Waals surface area contributed by atoms with E-state index in [1.165, 1.54) is 18.9 Å². The molecule has 0 saturated heterocycles. The van der Waals surface area contributed by atoms with E-state index >= 15 is 0 Å². The number of esters is 1. The van der Waals surface area contributed by atoms with Gasteiger partial charge in [-0.25, -0.2) is 4.79 Å². The van der Waals surface area contributed by atoms with Crippen LogP contribution in [0.25, 0.3) is 0 Å². The molecule has 126 valence electrons. The maximum absolute atomic E-state index is 12.1. The number of para-hydroxylation sites is 1. The van der Waals surface area contributed by atoms with Crippen molar-refractivity contribution in [1.82, 2.24) is 0 Å². The van der Waals surface area contributed by atoms with Crippen LogP contribution in [0.15, 0.2) is 48.5 Å². The normalized spacial score (nSPS) is 10.1. The molecule has 24 heavy (non-hydrogen) atoms. The van der Waals surface area contributed by atoms with Gasteiger partial charge in [0.05, 0.1) is 31.2 Å². The van der Waals surface area contributed by atoms with E-state index in [4.69, 9.17) is 9.47 Å². The summed E-state index contributed by atoms with van der Waals surface area (Å²) in [6.45, 7) is 0. The predicted molar refractivity (Wildman–Crippen MR) is 95.6 cm³/mol. The zero-order valence-electron chi connectivity index (χ0n) is 13.6. The highest BCUT2D eigenvalue weighted by atomic mass is 32.2. The minimum atomic E-state index is -0.475. The van der Waals surface area contributed by atoms with E-state index in [0.29, 0.717) is 17.0 Å². The standard InChI is InChI=1S/C18H19NO4S/c1-22-14-9-7-13(8-10-14)11-24-12-17(20)19-16-6-4-3-5-15(16)18(21)23-2/h3-10H,11-12H2,1-2H3,(H,19,20). The maximum atomic E-state index is 12.1. The van der Waals surface area contributed by atoms with E-state index in [1.807, 2.05) is 24.3 Å². The first-order chi connectivity index (χ1) is 11.6. The Balaban J connectivity index is 1.86. The molecule has 0 saturated carbocycles. The van der Waals surface area contributed by atoms with Crippen molar-refractivity contribution in [3.63, 3.8) is 0 Å². The molecule has 0 atom stereocenters. The van der Waals surface area contributed by atoms with Gasteiger partial charge in [-0.2, -0.15) is 0 Å². The van der Waals surface area contributed by atoms with Crippen LogP contribution in [-0.2, 0) is 15.3 Å². The summed E-state index contributed by atoms with van der Waals surface area (Å²) in [5.74, 6) is 1.18. The lowest BCUT2D eigenvalue weighted by molar-refractivity contribution is -0.113. The van der Waals surface area contributed by atoms with E-state index in [0.717, 1.165) is 17.1 Å². The van der Waals surface area contributed by atoms with Crippen molar-refractivity contribution in [2.45, 2.75) is 5.75 Å². The van der Waals surface area contributed by atoms with Gasteiger partial charge >= 0.3 is 5.97 Å². The summed E-state index contributed by atoms with van der Waals surface area (Å²) < 4.78 is 9.82. The average Bonchev–Trinajstić information content (AvgIpc) is 2.62. The van der Waals surface area contributed by atoms with Crippen LogP contribution in [0.5, 0.6) is 5.75 Å². The first-order valence-electron chi connectivity index (χ1n) is 7.32. The number of methoxy groups -OCH3 is 2. The molecule has 2 aromatic carbocycles. The zero-order chi connectivity index (χ0) is 17.4. The van der Waals surface area contributed by atoms with Crippen LogP contribution in [0.2, 0.25) is 0 Å². The van der Waals surface area contributed by atoms with Crippen molar-refractivity contribution in [2.75, 3.05) is 25.3 Å². The van der Waals surface area contributed by atoms with Crippen molar-refractivity contribution in [3.8, 4) is 5.75 Å². The highest BCUT2D eigenvalue weighted by Gasteiger charge is 2.13. The number of amides is 1. The second-order valence-corrected chi connectivity index (χ2v) is 5.91. The summed E-state index contributed by atoms with van der Waals surface area (Å²) in [6.07, 6.45) is 0. The smallest absolute Gasteiger partial charge is 0.339 e. The number of nitrogens with one attached hydrogen (secondary N) is 1. The van der Waals surface area contributed by atoms with Crippen molar-refractivity contribution in [3.05, 3.63) is 59.7 Å². The van der Waals surface area contributed by atoms with Crippen molar-refractivity contribution >= 4 is 29.3 Å². The van der Waals surface area contributed by atoms with Gasteiger partial charge in [0.2, 0.25) is 5.91 Å². The molecule has 0 unspecified atom stereocenters. The molecule has 0 fully saturated rings. The Bertz CT molecular complexity index is 700. The third-order valence-corrected chi connectivity index (χ3v) is 4.27. The molecule has 1 amide bonds. The minimum absolute atomic E-state index is 0.162. The van der Waals surface area contributed by atoms with Gasteiger partial charge in [0.25, 0.3) is 0 Å². The van der Waals surface area contributed by atoms with Crippen LogP contribution < -0.4 is 10.1 Å². The average molecular weight is 345 g/mol. The number of anilines is 1. The van der Waals surface area contributed by atoms with E-state index in [1.54, 1.807) is 31.4 Å². The molecule has 2 aromatic rings. The molecular weight excluding hydrogens is 326 g/mol. The third kappa shape index (κ3) is 5.03. The maximum Gasteiger partial charge on any atom is 0.339 e. The van der Waals surface area contributed by atoms with E-state index < -0.39 is 5.97 Å². The monoisotopic (exact) mass is 345 g/mol. The lowest BCUT2D eigenvalue weighted by Crippen LogP contribution is -2.17. The predicted octanol–water partition coefficient (Wildman–Crippen LogP) is 3.35. The van der Waals surface area contributed by atoms with Gasteiger partial charge in [-0.1, -0.05) is 24.3 Å². The lowest BCUT2D eigenvalue weighted by Gasteiger charge is -2.09. The number of benzene rings is 2. The number of carbonyl (C=O) groups excluding carboxylic acids is 2. The fraction of sp³-hybridized carbons (Fsp3) is 0.222. The van der Waals surface area contributed by atoms with E-state index in [2.05, 4.69) is 5.32 Å². The SMILES string of the molecule is COC(=O)c1ccccc1NC(=O)CSCc1ccc(OC)cc1. The quantitative estimate of drug-likeness (QED) is 0.780. The molecule has 0 radical (unpaired) electrons. The number of hydrogen-bond acceptors (Lipinski definition) is 5. The van der Waals surface area contributed by atoms with Gasteiger partial charge in [0, 0.05) is 5.75 Å². The Kier molecular flexibility index (Phi) is 6.69. The van der Waals surface area contributed by atoms with E-state index in [9.17, 15) is 9.59 Å². The number of hydrogen-bond donors (Lipinski definition) is 1. The van der Waals surface area contributed by atoms with Crippen LogP contribution in [0.3, 0.4) is 0 Å². The molecule has 0 aliphatic heterocycles. The van der Waals surface area contributed by atoms with Gasteiger partial charge in [0.15, 0.2) is 0 Å². The summed E-state index contributed by atoms with van der Waals surface area (Å²) in [5, 5.41) is 2.75. The Morgan fingerprint density at radius 1 is 1.04 bits per heavy atom. The molecule has 0 spiro atoms. The van der Waals surface area contributed by atoms with Gasteiger partial charge in [-0.15, -0.1) is 11.8 Å². The first-order valence-corrected chi connectivity index (χ1v) is 8.47. The summed E-state index contributed by atoms with van der Waals surface area (Å²) >= 11 is 1.50. The fourth-order valence-electron chi connectivity index (χ4n) is 2.05. The highest BCUT2D eigenvalue weighted by Crippen LogP contribution is 2.19. The summed E-state index contributed by atoms with van der Waals surface area (Å²) in [6, 6.07) is 14.5. The molecule has 0 heterocycles. The zero-order valence-corrected chi connectivity index (χ0v) is 14.4. The number of ether oxygens (including phenoxy) is 2. The lowest BCUT2D eigenvalue weighted by atomic mass is 10.2. The summed E-state index contributed by atoms with van der Waals surface area (Å²) in [5.41, 5.74) is 1.91. The Morgan fingerprint density at radius 3 is 2.42 bits per heavy atom. The van der Waals surface area contributed by atoms with Crippen LogP contribution in [-0.4, -0.2) is 31.8 Å². The van der Waals surface area contributed by atoms with Crippen LogP contribution in [0.1, 0.15) is 15.9 Å². The number of carbonyl (C=O) groups is 2. The Labute approximate surface area is 145 Å². The summed E-state index contributed by atoms with van der Waals surface area (Å²) in [7, 11) is 2.94. The molecule has 0 aliphatic rings. The second kappa shape index (κ2) is 8.98. The molecule has 0 aromatic heterocycles. The Morgan fingerprint density at radius 2 is 1.75 bits per heavy atom. The molecular formula is C18H19NO4S. The van der Waals surface area contributed by atoms with Crippen LogP contribution in [0.4, 0.5) is 5.69 Å². The molecule has 0 aliphatic carbocycles. The molecule has 6 heteroatoms. The largest absolute Gasteiger partial charge is 0.497 e. The number of thioether (sulfide) groups is 1. The third-order valence-electron chi connectivity index (χ3n) is 3.27. The van der Waals surface area contributed by atoms with Gasteiger partial charge in [0.1, 0.15) is 5.75 Å². The first kappa shape index (κ1) is 17.9. The highest BCUT2D eigenvalue weighted by molar-refractivity contribution is 7.99. The number of rotatable bonds is 7. The molecule has 1 N–H and O–H groups in total.